The Balaban J connectivity index is 1.64. The van der Waals surface area contributed by atoms with Crippen LogP contribution in [0.4, 0.5) is 0 Å². The van der Waals surface area contributed by atoms with Crippen molar-refractivity contribution in [3.8, 4) is 11.3 Å². The Hall–Kier alpha value is -2.49. The highest BCUT2D eigenvalue weighted by Gasteiger charge is 2.24. The van der Waals surface area contributed by atoms with Gasteiger partial charge >= 0.3 is 0 Å². The average molecular weight is 501 g/mol. The van der Waals surface area contributed by atoms with Crippen molar-refractivity contribution in [2.45, 2.75) is 37.3 Å². The lowest BCUT2D eigenvalue weighted by Gasteiger charge is -2.22. The summed E-state index contributed by atoms with van der Waals surface area (Å²) in [5.41, 5.74) is 2.74. The topological polar surface area (TPSA) is 79.0 Å². The van der Waals surface area contributed by atoms with E-state index in [0.29, 0.717) is 22.3 Å². The van der Waals surface area contributed by atoms with Gasteiger partial charge in [0.2, 0.25) is 0 Å². The molecule has 1 saturated heterocycles. The molecule has 4 aromatic rings. The van der Waals surface area contributed by atoms with Crippen LogP contribution < -0.4 is 0 Å². The van der Waals surface area contributed by atoms with Gasteiger partial charge in [-0.3, -0.25) is 0 Å². The quantitative estimate of drug-likeness (QED) is 0.397. The number of hydrogen-bond acceptors (Lipinski definition) is 5. The predicted octanol–water partition coefficient (Wildman–Crippen LogP) is 4.91. The lowest BCUT2D eigenvalue weighted by atomic mass is 10.2. The Kier molecular flexibility index (Phi) is 5.19. The molecule has 0 aliphatic carbocycles. The van der Waals surface area contributed by atoms with Crippen molar-refractivity contribution < 1.29 is 13.2 Å². The second-order valence-corrected chi connectivity index (χ2v) is 10.4. The van der Waals surface area contributed by atoms with E-state index in [9.17, 15) is 8.42 Å². The molecule has 0 bridgehead atoms. The fourth-order valence-electron chi connectivity index (χ4n) is 3.84. The van der Waals surface area contributed by atoms with Crippen LogP contribution in [0.5, 0.6) is 0 Å². The maximum absolute atomic E-state index is 13.4. The Morgan fingerprint density at radius 2 is 1.97 bits per heavy atom. The predicted molar refractivity (Wildman–Crippen MR) is 121 cm³/mol. The summed E-state index contributed by atoms with van der Waals surface area (Å²) in [5.74, 6) is 0. The third kappa shape index (κ3) is 3.71. The highest BCUT2D eigenvalue weighted by atomic mass is 79.9. The number of benzene rings is 1. The fourth-order valence-corrected chi connectivity index (χ4v) is 5.50. The first kappa shape index (κ1) is 20.4. The largest absolute Gasteiger partial charge is 0.357 e. The number of nitrogens with zero attached hydrogens (tertiary/aromatic N) is 4. The standard InChI is InChI=1S/C22H21BrN4O3S/c1-15-5-7-17(8-6-15)31(28,29)27-14-19(18-12-16(23)13-24-22(18)27)20-9-10-26(25-20)21-4-2-3-11-30-21/h5-10,12-14,21H,2-4,11H2,1H3. The zero-order valence-electron chi connectivity index (χ0n) is 16.9. The molecule has 1 fully saturated rings. The monoisotopic (exact) mass is 500 g/mol. The van der Waals surface area contributed by atoms with Crippen molar-refractivity contribution in [2.75, 3.05) is 6.61 Å². The molecule has 0 N–H and O–H groups in total. The van der Waals surface area contributed by atoms with Gasteiger partial charge in [0.1, 0.15) is 6.23 Å². The molecule has 4 heterocycles. The van der Waals surface area contributed by atoms with Crippen LogP contribution in [0.3, 0.4) is 0 Å². The molecule has 1 aliphatic rings. The minimum absolute atomic E-state index is 0.0861. The third-order valence-electron chi connectivity index (χ3n) is 5.49. The first-order valence-electron chi connectivity index (χ1n) is 10.1. The SMILES string of the molecule is Cc1ccc(S(=O)(=O)n2cc(-c3ccn(C4CCCCO4)n3)c3cc(Br)cnc32)cc1. The van der Waals surface area contributed by atoms with Gasteiger partial charge in [0.05, 0.1) is 10.6 Å². The van der Waals surface area contributed by atoms with Crippen molar-refractivity contribution in [3.05, 3.63) is 65.0 Å². The number of fused-ring (bicyclic) bond motifs is 1. The van der Waals surface area contributed by atoms with Crippen molar-refractivity contribution >= 4 is 37.0 Å². The van der Waals surface area contributed by atoms with Gasteiger partial charge < -0.3 is 4.74 Å². The summed E-state index contributed by atoms with van der Waals surface area (Å²) < 4.78 is 36.5. The Morgan fingerprint density at radius 1 is 1.16 bits per heavy atom. The van der Waals surface area contributed by atoms with E-state index in [4.69, 9.17) is 9.84 Å². The zero-order chi connectivity index (χ0) is 21.6. The van der Waals surface area contributed by atoms with Crippen LogP contribution in [0, 0.1) is 6.92 Å². The maximum atomic E-state index is 13.4. The fraction of sp³-hybridized carbons (Fsp3) is 0.273. The number of aromatic nitrogens is 4. The molecule has 0 radical (unpaired) electrons. The summed E-state index contributed by atoms with van der Waals surface area (Å²) in [6, 6.07) is 10.6. The molecule has 1 atom stereocenters. The van der Waals surface area contributed by atoms with E-state index in [1.807, 2.05) is 29.9 Å². The Labute approximate surface area is 188 Å². The number of hydrogen-bond donors (Lipinski definition) is 0. The van der Waals surface area contributed by atoms with Crippen LogP contribution in [-0.4, -0.2) is 33.8 Å². The van der Waals surface area contributed by atoms with Gasteiger partial charge in [-0.05, 0) is 66.4 Å². The van der Waals surface area contributed by atoms with Crippen LogP contribution >= 0.6 is 15.9 Å². The van der Waals surface area contributed by atoms with E-state index >= 15 is 0 Å². The minimum Gasteiger partial charge on any atom is -0.357 e. The number of ether oxygens (including phenoxy) is 1. The molecular formula is C22H21BrN4O3S. The van der Waals surface area contributed by atoms with Gasteiger partial charge in [0, 0.05) is 40.6 Å². The third-order valence-corrected chi connectivity index (χ3v) is 7.59. The maximum Gasteiger partial charge on any atom is 0.269 e. The molecule has 1 aliphatic heterocycles. The summed E-state index contributed by atoms with van der Waals surface area (Å²) in [4.78, 5) is 4.63. The van der Waals surface area contributed by atoms with Gasteiger partial charge in [-0.2, -0.15) is 5.10 Å². The number of rotatable bonds is 4. The van der Waals surface area contributed by atoms with Crippen molar-refractivity contribution in [2.24, 2.45) is 0 Å². The summed E-state index contributed by atoms with van der Waals surface area (Å²) in [6.07, 6.45) is 8.08. The highest BCUT2D eigenvalue weighted by Crippen LogP contribution is 2.33. The van der Waals surface area contributed by atoms with E-state index in [1.165, 1.54) is 3.97 Å². The lowest BCUT2D eigenvalue weighted by Crippen LogP contribution is -2.18. The van der Waals surface area contributed by atoms with E-state index in [2.05, 4.69) is 20.9 Å². The van der Waals surface area contributed by atoms with Crippen molar-refractivity contribution in [1.82, 2.24) is 18.7 Å². The summed E-state index contributed by atoms with van der Waals surface area (Å²) >= 11 is 3.45. The zero-order valence-corrected chi connectivity index (χ0v) is 19.3. The van der Waals surface area contributed by atoms with Crippen molar-refractivity contribution in [1.29, 1.82) is 0 Å². The summed E-state index contributed by atoms with van der Waals surface area (Å²) in [6.45, 7) is 2.65. The first-order chi connectivity index (χ1) is 14.9. The van der Waals surface area contributed by atoms with E-state index in [1.54, 1.807) is 36.7 Å². The molecule has 1 unspecified atom stereocenters. The summed E-state index contributed by atoms with van der Waals surface area (Å²) in [7, 11) is -3.82. The molecule has 0 amide bonds. The van der Waals surface area contributed by atoms with Crippen molar-refractivity contribution in [3.63, 3.8) is 0 Å². The van der Waals surface area contributed by atoms with E-state index in [0.717, 1.165) is 35.9 Å². The number of halogens is 1. The molecule has 7 nitrogen and oxygen atoms in total. The second-order valence-electron chi connectivity index (χ2n) is 7.68. The average Bonchev–Trinajstić information content (AvgIpc) is 3.39. The van der Waals surface area contributed by atoms with E-state index in [-0.39, 0.29) is 11.1 Å². The molecule has 5 rings (SSSR count). The molecule has 160 valence electrons. The molecule has 0 saturated carbocycles. The van der Waals surface area contributed by atoms with Gasteiger partial charge in [-0.15, -0.1) is 0 Å². The molecule has 9 heteroatoms. The normalized spacial score (nSPS) is 17.3. The molecule has 1 aromatic carbocycles. The Bertz CT molecular complexity index is 1350. The smallest absolute Gasteiger partial charge is 0.269 e. The van der Waals surface area contributed by atoms with Gasteiger partial charge in [-0.1, -0.05) is 17.7 Å². The molecule has 0 spiro atoms. The van der Waals surface area contributed by atoms with Crippen LogP contribution in [-0.2, 0) is 14.8 Å². The Morgan fingerprint density at radius 3 is 2.71 bits per heavy atom. The lowest BCUT2D eigenvalue weighted by molar-refractivity contribution is -0.0393. The van der Waals surface area contributed by atoms with Gasteiger partial charge in [0.25, 0.3) is 10.0 Å². The molecule has 31 heavy (non-hydrogen) atoms. The molecular weight excluding hydrogens is 480 g/mol. The highest BCUT2D eigenvalue weighted by molar-refractivity contribution is 9.10. The molecule has 3 aromatic heterocycles. The van der Waals surface area contributed by atoms with Crippen LogP contribution in [0.15, 0.2) is 64.4 Å². The number of pyridine rings is 1. The first-order valence-corrected chi connectivity index (χ1v) is 12.3. The van der Waals surface area contributed by atoms with Crippen LogP contribution in [0.25, 0.3) is 22.3 Å². The summed E-state index contributed by atoms with van der Waals surface area (Å²) in [5, 5.41) is 5.41. The van der Waals surface area contributed by atoms with Crippen LogP contribution in [0.2, 0.25) is 0 Å². The second kappa shape index (κ2) is 7.89. The van der Waals surface area contributed by atoms with E-state index < -0.39 is 10.0 Å². The minimum atomic E-state index is -3.82. The van der Waals surface area contributed by atoms with Crippen LogP contribution in [0.1, 0.15) is 31.1 Å². The van der Waals surface area contributed by atoms with Gasteiger partial charge in [0.15, 0.2) is 5.65 Å². The van der Waals surface area contributed by atoms with Gasteiger partial charge in [-0.25, -0.2) is 22.1 Å². The number of aryl methyl sites for hydroxylation is 1.